The van der Waals surface area contributed by atoms with Crippen molar-refractivity contribution in [1.29, 1.82) is 0 Å². The van der Waals surface area contributed by atoms with Crippen LogP contribution in [-0.4, -0.2) is 32.5 Å². The largest absolute Gasteiger partial charge is 0.456 e. The predicted molar refractivity (Wildman–Crippen MR) is 93.8 cm³/mol. The van der Waals surface area contributed by atoms with Gasteiger partial charge in [0.1, 0.15) is 11.6 Å². The number of esters is 1. The Morgan fingerprint density at radius 2 is 1.88 bits per heavy atom. The van der Waals surface area contributed by atoms with Crippen LogP contribution in [0.5, 0.6) is 0 Å². The normalized spacial score (nSPS) is 18.1. The van der Waals surface area contributed by atoms with Gasteiger partial charge in [0, 0.05) is 13.5 Å². The van der Waals surface area contributed by atoms with Gasteiger partial charge < -0.3 is 4.74 Å². The van der Waals surface area contributed by atoms with E-state index in [9.17, 15) is 19.2 Å². The molecule has 0 saturated carbocycles. The van der Waals surface area contributed by atoms with Crippen molar-refractivity contribution in [2.24, 2.45) is 7.05 Å². The number of benzene rings is 1. The highest BCUT2D eigenvalue weighted by molar-refractivity contribution is 6.00. The molecule has 0 spiro atoms. The van der Waals surface area contributed by atoms with Gasteiger partial charge in [-0.15, -0.1) is 0 Å². The summed E-state index contributed by atoms with van der Waals surface area (Å²) in [7, 11) is 1.58. The van der Waals surface area contributed by atoms with E-state index in [1.165, 1.54) is 9.13 Å². The minimum Gasteiger partial charge on any atom is -0.456 e. The van der Waals surface area contributed by atoms with E-state index >= 15 is 0 Å². The summed E-state index contributed by atoms with van der Waals surface area (Å²) < 4.78 is 8.11. The first-order chi connectivity index (χ1) is 12.1. The van der Waals surface area contributed by atoms with Crippen molar-refractivity contribution in [2.75, 3.05) is 0 Å². The van der Waals surface area contributed by atoms with Gasteiger partial charge in [0.15, 0.2) is 0 Å². The minimum atomic E-state index is -0.753. The van der Waals surface area contributed by atoms with E-state index in [1.54, 1.807) is 46.0 Å². The van der Waals surface area contributed by atoms with E-state index in [0.29, 0.717) is 16.6 Å². The van der Waals surface area contributed by atoms with Gasteiger partial charge in [-0.25, -0.2) is 9.59 Å². The number of rotatable bonds is 2. The van der Waals surface area contributed by atoms with E-state index < -0.39 is 23.5 Å². The Labute approximate surface area is 149 Å². The highest BCUT2D eigenvalue weighted by Gasteiger charge is 2.31. The predicted octanol–water partition coefficient (Wildman–Crippen LogP) is 1.27. The molecule has 2 aromatic rings. The third kappa shape index (κ3) is 3.14. The molecule has 8 heteroatoms. The topological polar surface area (TPSA) is 99.4 Å². The zero-order valence-corrected chi connectivity index (χ0v) is 15.2. The van der Waals surface area contributed by atoms with Crippen LogP contribution >= 0.6 is 0 Å². The van der Waals surface area contributed by atoms with Gasteiger partial charge in [0.2, 0.25) is 11.8 Å². The number of amides is 2. The van der Waals surface area contributed by atoms with Crippen LogP contribution in [0.1, 0.15) is 50.0 Å². The molecule has 8 nitrogen and oxygen atoms in total. The summed E-state index contributed by atoms with van der Waals surface area (Å²) in [6.45, 7) is 5.33. The lowest BCUT2D eigenvalue weighted by Crippen LogP contribution is -2.44. The molecule has 1 atom stereocenters. The van der Waals surface area contributed by atoms with E-state index in [1.807, 2.05) is 0 Å². The molecule has 1 aromatic heterocycles. The highest BCUT2D eigenvalue weighted by Crippen LogP contribution is 2.24. The standard InChI is InChI=1S/C18H21N3O5/c1-18(2,3)26-16(24)10-5-6-11-13(9-10)20(4)17(25)21(11)12-7-8-14(22)19-15(12)23/h5-6,9,12H,7-8H2,1-4H3,(H,19,22,23). The lowest BCUT2D eigenvalue weighted by atomic mass is 10.1. The summed E-state index contributed by atoms with van der Waals surface area (Å²) in [6, 6.07) is 4.02. The van der Waals surface area contributed by atoms with Gasteiger partial charge in [-0.05, 0) is 45.4 Å². The summed E-state index contributed by atoms with van der Waals surface area (Å²) in [5.74, 6) is -1.32. The number of carbonyl (C=O) groups excluding carboxylic acids is 3. The monoisotopic (exact) mass is 359 g/mol. The molecule has 0 aliphatic carbocycles. The van der Waals surface area contributed by atoms with Crippen LogP contribution in [0, 0.1) is 0 Å². The Bertz CT molecular complexity index is 977. The van der Waals surface area contributed by atoms with Gasteiger partial charge in [-0.1, -0.05) is 0 Å². The summed E-state index contributed by atoms with van der Waals surface area (Å²) >= 11 is 0. The molecule has 0 bridgehead atoms. The maximum absolute atomic E-state index is 12.7. The first-order valence-electron chi connectivity index (χ1n) is 8.36. The highest BCUT2D eigenvalue weighted by atomic mass is 16.6. The SMILES string of the molecule is Cn1c(=O)n(C2CCC(=O)NC2=O)c2ccc(C(=O)OC(C)(C)C)cc21. The average molecular weight is 359 g/mol. The Kier molecular flexibility index (Phi) is 4.21. The molecule has 1 N–H and O–H groups in total. The van der Waals surface area contributed by atoms with Crippen LogP contribution in [0.4, 0.5) is 0 Å². The average Bonchev–Trinajstić information content (AvgIpc) is 2.78. The van der Waals surface area contributed by atoms with Crippen molar-refractivity contribution in [3.8, 4) is 0 Å². The zero-order chi connectivity index (χ0) is 19.2. The van der Waals surface area contributed by atoms with Crippen LogP contribution in [0.15, 0.2) is 23.0 Å². The minimum absolute atomic E-state index is 0.176. The van der Waals surface area contributed by atoms with E-state index in [4.69, 9.17) is 4.74 Å². The maximum atomic E-state index is 12.7. The molecule has 1 saturated heterocycles. The van der Waals surface area contributed by atoms with Crippen LogP contribution in [0.3, 0.4) is 0 Å². The second-order valence-corrected chi connectivity index (χ2v) is 7.38. The Morgan fingerprint density at radius 3 is 2.50 bits per heavy atom. The van der Waals surface area contributed by atoms with Crippen LogP contribution in [-0.2, 0) is 21.4 Å². The third-order valence-corrected chi connectivity index (χ3v) is 4.25. The number of nitrogens with zero attached hydrogens (tertiary/aromatic N) is 2. The van der Waals surface area contributed by atoms with E-state index in [-0.39, 0.29) is 24.4 Å². The second kappa shape index (κ2) is 6.12. The summed E-state index contributed by atoms with van der Waals surface area (Å²) in [5, 5.41) is 2.26. The van der Waals surface area contributed by atoms with Gasteiger partial charge >= 0.3 is 11.7 Å². The van der Waals surface area contributed by atoms with Crippen LogP contribution in [0.2, 0.25) is 0 Å². The fourth-order valence-corrected chi connectivity index (χ4v) is 3.06. The Morgan fingerprint density at radius 1 is 1.19 bits per heavy atom. The van der Waals surface area contributed by atoms with Crippen molar-refractivity contribution in [3.63, 3.8) is 0 Å². The fraction of sp³-hybridized carbons (Fsp3) is 0.444. The molecule has 1 unspecified atom stereocenters. The van der Waals surface area contributed by atoms with Gasteiger partial charge in [-0.3, -0.25) is 24.0 Å². The third-order valence-electron chi connectivity index (χ3n) is 4.25. The van der Waals surface area contributed by atoms with Crippen molar-refractivity contribution in [2.45, 2.75) is 45.3 Å². The summed E-state index contributed by atoms with van der Waals surface area (Å²) in [6.07, 6.45) is 0.437. The first-order valence-corrected chi connectivity index (χ1v) is 8.36. The number of hydrogen-bond acceptors (Lipinski definition) is 5. The van der Waals surface area contributed by atoms with Crippen molar-refractivity contribution in [3.05, 3.63) is 34.2 Å². The summed E-state index contributed by atoms with van der Waals surface area (Å²) in [5.41, 5.74) is 0.359. The van der Waals surface area contributed by atoms with Crippen LogP contribution < -0.4 is 11.0 Å². The number of aryl methyl sites for hydroxylation is 1. The lowest BCUT2D eigenvalue weighted by Gasteiger charge is -2.22. The van der Waals surface area contributed by atoms with Gasteiger partial charge in [-0.2, -0.15) is 0 Å². The molecule has 138 valence electrons. The molecule has 2 amide bonds. The Balaban J connectivity index is 2.07. The zero-order valence-electron chi connectivity index (χ0n) is 15.2. The summed E-state index contributed by atoms with van der Waals surface area (Å²) in [4.78, 5) is 48.5. The van der Waals surface area contributed by atoms with Crippen molar-refractivity contribution < 1.29 is 19.1 Å². The molecule has 1 fully saturated rings. The molecule has 3 rings (SSSR count). The molecule has 1 aliphatic rings. The smallest absolute Gasteiger partial charge is 0.338 e. The fourth-order valence-electron chi connectivity index (χ4n) is 3.06. The molecule has 0 radical (unpaired) electrons. The maximum Gasteiger partial charge on any atom is 0.338 e. The van der Waals surface area contributed by atoms with Gasteiger partial charge in [0.25, 0.3) is 0 Å². The number of carbonyl (C=O) groups is 3. The number of imide groups is 1. The van der Waals surface area contributed by atoms with Crippen molar-refractivity contribution in [1.82, 2.24) is 14.5 Å². The number of hydrogen-bond donors (Lipinski definition) is 1. The van der Waals surface area contributed by atoms with E-state index in [2.05, 4.69) is 5.32 Å². The number of imidazole rings is 1. The van der Waals surface area contributed by atoms with Gasteiger partial charge in [0.05, 0.1) is 16.6 Å². The first kappa shape index (κ1) is 17.9. The molecule has 1 aliphatic heterocycles. The number of aromatic nitrogens is 2. The molecule has 26 heavy (non-hydrogen) atoms. The number of nitrogens with one attached hydrogen (secondary N) is 1. The second-order valence-electron chi connectivity index (χ2n) is 7.38. The molecule has 1 aromatic carbocycles. The number of ether oxygens (including phenoxy) is 1. The number of fused-ring (bicyclic) bond motifs is 1. The van der Waals surface area contributed by atoms with Crippen molar-refractivity contribution >= 4 is 28.8 Å². The molecule has 2 heterocycles. The number of piperidine rings is 1. The molecular formula is C18H21N3O5. The lowest BCUT2D eigenvalue weighted by molar-refractivity contribution is -0.135. The molecular weight excluding hydrogens is 338 g/mol. The quantitative estimate of drug-likeness (QED) is 0.643. The van der Waals surface area contributed by atoms with E-state index in [0.717, 1.165) is 0 Å². The van der Waals surface area contributed by atoms with Crippen LogP contribution in [0.25, 0.3) is 11.0 Å². The Hall–Kier alpha value is -2.90.